The minimum atomic E-state index is -0.401. The number of nitrogens with zero attached hydrogens (tertiary/aromatic N) is 2. The summed E-state index contributed by atoms with van der Waals surface area (Å²) >= 11 is 0. The molecule has 1 saturated carbocycles. The lowest BCUT2D eigenvalue weighted by atomic mass is 9.93. The molecule has 134 valence electrons. The van der Waals surface area contributed by atoms with E-state index in [1.54, 1.807) is 11.9 Å². The van der Waals surface area contributed by atoms with Crippen molar-refractivity contribution in [3.05, 3.63) is 35.4 Å². The largest absolute Gasteiger partial charge is 0.441 e. The molecule has 1 aliphatic carbocycles. The summed E-state index contributed by atoms with van der Waals surface area (Å²) in [5.41, 5.74) is 1.65. The summed E-state index contributed by atoms with van der Waals surface area (Å²) in [6.07, 6.45) is 4.10. The van der Waals surface area contributed by atoms with E-state index in [4.69, 9.17) is 4.74 Å². The second-order valence-electron chi connectivity index (χ2n) is 8.00. The number of amides is 2. The van der Waals surface area contributed by atoms with Crippen molar-refractivity contribution in [1.29, 1.82) is 0 Å². The molecule has 0 unspecified atom stereocenters. The minimum absolute atomic E-state index is 0.238. The van der Waals surface area contributed by atoms with Gasteiger partial charge >= 0.3 is 6.09 Å². The van der Waals surface area contributed by atoms with Gasteiger partial charge in [-0.15, -0.1) is 0 Å². The van der Waals surface area contributed by atoms with Gasteiger partial charge in [0.25, 0.3) is 0 Å². The molecule has 1 atom stereocenters. The first-order valence-corrected chi connectivity index (χ1v) is 9.25. The second-order valence-corrected chi connectivity index (χ2v) is 8.00. The average Bonchev–Trinajstić information content (AvgIpc) is 3.36. The van der Waals surface area contributed by atoms with Crippen molar-refractivity contribution < 1.29 is 14.3 Å². The molecule has 0 aromatic heterocycles. The van der Waals surface area contributed by atoms with Crippen LogP contribution in [0.25, 0.3) is 0 Å². The maximum absolute atomic E-state index is 13.3. The van der Waals surface area contributed by atoms with Gasteiger partial charge in [0.1, 0.15) is 5.60 Å². The van der Waals surface area contributed by atoms with Crippen LogP contribution >= 0.6 is 0 Å². The third-order valence-electron chi connectivity index (χ3n) is 6.09. The van der Waals surface area contributed by atoms with Crippen LogP contribution in [-0.2, 0) is 14.9 Å². The number of likely N-dealkylation sites (tertiary alicyclic amines) is 1. The van der Waals surface area contributed by atoms with E-state index in [2.05, 4.69) is 31.2 Å². The summed E-state index contributed by atoms with van der Waals surface area (Å²) in [6, 6.07) is 8.39. The van der Waals surface area contributed by atoms with Crippen LogP contribution in [0.2, 0.25) is 0 Å². The fourth-order valence-corrected chi connectivity index (χ4v) is 4.35. The van der Waals surface area contributed by atoms with Crippen LogP contribution < -0.4 is 0 Å². The Bertz CT molecular complexity index is 695. The third-order valence-corrected chi connectivity index (χ3v) is 6.09. The molecule has 1 aromatic carbocycles. The van der Waals surface area contributed by atoms with Crippen molar-refractivity contribution in [3.8, 4) is 0 Å². The van der Waals surface area contributed by atoms with Crippen molar-refractivity contribution in [2.45, 2.75) is 50.0 Å². The van der Waals surface area contributed by atoms with Crippen LogP contribution in [-0.4, -0.2) is 54.1 Å². The number of ether oxygens (including phenoxy) is 1. The zero-order chi connectivity index (χ0) is 17.7. The van der Waals surface area contributed by atoms with Gasteiger partial charge in [-0.25, -0.2) is 4.79 Å². The summed E-state index contributed by atoms with van der Waals surface area (Å²) in [5.74, 6) is 0.256. The van der Waals surface area contributed by atoms with E-state index in [1.165, 1.54) is 5.56 Å². The van der Waals surface area contributed by atoms with Crippen molar-refractivity contribution in [3.63, 3.8) is 0 Å². The Hall–Kier alpha value is -2.04. The quantitative estimate of drug-likeness (QED) is 0.830. The van der Waals surface area contributed by atoms with Gasteiger partial charge in [-0.1, -0.05) is 29.8 Å². The predicted octanol–water partition coefficient (Wildman–Crippen LogP) is 2.86. The maximum atomic E-state index is 13.3. The number of carbonyl (C=O) groups is 2. The second kappa shape index (κ2) is 5.75. The number of carbonyl (C=O) groups excluding carboxylic acids is 2. The Morgan fingerprint density at radius 3 is 2.40 bits per heavy atom. The summed E-state index contributed by atoms with van der Waals surface area (Å²) in [7, 11) is 1.78. The number of benzene rings is 1. The van der Waals surface area contributed by atoms with Crippen LogP contribution in [0.4, 0.5) is 4.79 Å². The van der Waals surface area contributed by atoms with Gasteiger partial charge < -0.3 is 14.5 Å². The molecule has 3 fully saturated rings. The lowest BCUT2D eigenvalue weighted by Crippen LogP contribution is -2.41. The van der Waals surface area contributed by atoms with E-state index in [0.717, 1.165) is 44.2 Å². The zero-order valence-corrected chi connectivity index (χ0v) is 15.1. The van der Waals surface area contributed by atoms with Gasteiger partial charge in [0.05, 0.1) is 12.0 Å². The van der Waals surface area contributed by atoms with Crippen LogP contribution in [0.1, 0.15) is 43.2 Å². The minimum Gasteiger partial charge on any atom is -0.441 e. The molecule has 5 heteroatoms. The summed E-state index contributed by atoms with van der Waals surface area (Å²) < 4.78 is 5.66. The van der Waals surface area contributed by atoms with Gasteiger partial charge in [0.15, 0.2) is 0 Å². The van der Waals surface area contributed by atoms with Crippen LogP contribution in [0.5, 0.6) is 0 Å². The molecule has 1 aromatic rings. The summed E-state index contributed by atoms with van der Waals surface area (Å²) in [4.78, 5) is 28.7. The lowest BCUT2D eigenvalue weighted by molar-refractivity contribution is -0.134. The van der Waals surface area contributed by atoms with Gasteiger partial charge in [0, 0.05) is 26.6 Å². The van der Waals surface area contributed by atoms with E-state index >= 15 is 0 Å². The van der Waals surface area contributed by atoms with Crippen molar-refractivity contribution in [1.82, 2.24) is 9.80 Å². The van der Waals surface area contributed by atoms with Crippen molar-refractivity contribution in [2.75, 3.05) is 26.7 Å². The van der Waals surface area contributed by atoms with Crippen LogP contribution in [0, 0.1) is 6.92 Å². The van der Waals surface area contributed by atoms with Gasteiger partial charge in [0.2, 0.25) is 5.91 Å². The predicted molar refractivity (Wildman–Crippen MR) is 94.4 cm³/mol. The van der Waals surface area contributed by atoms with E-state index in [0.29, 0.717) is 13.1 Å². The number of likely N-dealkylation sites (N-methyl/N-ethyl adjacent to an activating group) is 1. The Morgan fingerprint density at radius 2 is 1.80 bits per heavy atom. The van der Waals surface area contributed by atoms with E-state index in [9.17, 15) is 9.59 Å². The standard InChI is InChI=1S/C20H26N2O3/c1-15-4-6-16(7-5-15)20(9-10-20)17(23)22-12-3-8-19(11-13-22)14-21(2)18(24)25-19/h4-7H,3,8-14H2,1-2H3/t19-/m1/s1. The first-order valence-electron chi connectivity index (χ1n) is 9.25. The molecule has 25 heavy (non-hydrogen) atoms. The summed E-state index contributed by atoms with van der Waals surface area (Å²) in [5, 5.41) is 0. The third kappa shape index (κ3) is 2.79. The lowest BCUT2D eigenvalue weighted by Gasteiger charge is -2.28. The van der Waals surface area contributed by atoms with Crippen molar-refractivity contribution in [2.24, 2.45) is 0 Å². The maximum Gasteiger partial charge on any atom is 0.410 e. The van der Waals surface area contributed by atoms with Crippen LogP contribution in [0.3, 0.4) is 0 Å². The molecule has 4 rings (SSSR count). The molecule has 3 aliphatic rings. The normalized spacial score (nSPS) is 28.0. The molecular weight excluding hydrogens is 316 g/mol. The number of aryl methyl sites for hydroxylation is 1. The summed E-state index contributed by atoms with van der Waals surface area (Å²) in [6.45, 7) is 4.14. The highest BCUT2D eigenvalue weighted by atomic mass is 16.6. The molecule has 2 heterocycles. The Morgan fingerprint density at radius 1 is 1.08 bits per heavy atom. The monoisotopic (exact) mass is 342 g/mol. The zero-order valence-electron chi connectivity index (χ0n) is 15.1. The highest BCUT2D eigenvalue weighted by molar-refractivity contribution is 5.91. The number of hydrogen-bond acceptors (Lipinski definition) is 3. The number of hydrogen-bond donors (Lipinski definition) is 0. The average molecular weight is 342 g/mol. The highest BCUT2D eigenvalue weighted by Crippen LogP contribution is 2.50. The fraction of sp³-hybridized carbons (Fsp3) is 0.600. The molecule has 2 amide bonds. The topological polar surface area (TPSA) is 49.9 Å². The van der Waals surface area contributed by atoms with Gasteiger partial charge in [-0.05, 0) is 38.2 Å². The molecule has 2 saturated heterocycles. The van der Waals surface area contributed by atoms with E-state index in [1.807, 2.05) is 4.90 Å². The van der Waals surface area contributed by atoms with Gasteiger partial charge in [-0.2, -0.15) is 0 Å². The van der Waals surface area contributed by atoms with Crippen LogP contribution in [0.15, 0.2) is 24.3 Å². The van der Waals surface area contributed by atoms with Gasteiger partial charge in [-0.3, -0.25) is 4.79 Å². The smallest absolute Gasteiger partial charge is 0.410 e. The highest BCUT2D eigenvalue weighted by Gasteiger charge is 2.54. The molecule has 2 aliphatic heterocycles. The Kier molecular flexibility index (Phi) is 3.78. The molecule has 1 spiro atoms. The Balaban J connectivity index is 1.48. The van der Waals surface area contributed by atoms with E-state index in [-0.39, 0.29) is 17.4 Å². The molecule has 0 N–H and O–H groups in total. The first kappa shape index (κ1) is 16.4. The molecule has 0 bridgehead atoms. The fourth-order valence-electron chi connectivity index (χ4n) is 4.35. The van der Waals surface area contributed by atoms with E-state index < -0.39 is 5.60 Å². The van der Waals surface area contributed by atoms with Crippen molar-refractivity contribution >= 4 is 12.0 Å². The molecule has 5 nitrogen and oxygen atoms in total. The molecular formula is C20H26N2O3. The number of rotatable bonds is 2. The first-order chi connectivity index (χ1) is 11.9. The molecule has 0 radical (unpaired) electrons. The Labute approximate surface area is 148 Å². The SMILES string of the molecule is Cc1ccc(C2(C(=O)N3CCC[C@@]4(CC3)CN(C)C(=O)O4)CC2)cc1.